The van der Waals surface area contributed by atoms with Gasteiger partial charge in [-0.15, -0.1) is 0 Å². The number of para-hydroxylation sites is 1. The number of hydrogen-bond acceptors (Lipinski definition) is 2. The number of hydrogen-bond donors (Lipinski definition) is 0. The Morgan fingerprint density at radius 2 is 1.23 bits per heavy atom. The molecule has 0 saturated carbocycles. The molecule has 180 valence electrons. The third-order valence-corrected chi connectivity index (χ3v) is 6.82. The Balaban J connectivity index is 2.01. The Labute approximate surface area is 218 Å². The van der Waals surface area contributed by atoms with E-state index in [4.69, 9.17) is 9.72 Å². The lowest BCUT2D eigenvalue weighted by atomic mass is 9.79. The molecule has 0 aliphatic rings. The smallest absolute Gasteiger partial charge is 0.128 e. The molecule has 1 aromatic heterocycles. The lowest BCUT2D eigenvalue weighted by Gasteiger charge is -2.26. The van der Waals surface area contributed by atoms with E-state index < -0.39 is 0 Å². The number of halogens is 1. The first kappa shape index (κ1) is 25.2. The number of nitrogens with zero attached hydrogens (tertiary/aromatic N) is 1. The molecule has 0 fully saturated rings. The average molecular weight is 529 g/mol. The first-order valence-electron chi connectivity index (χ1n) is 12.0. The van der Waals surface area contributed by atoms with Gasteiger partial charge in [0.25, 0.3) is 0 Å². The Morgan fingerprint density at radius 3 is 1.83 bits per heavy atom. The molecule has 0 radical (unpaired) electrons. The fraction of sp³-hybridized carbons (Fsp3) is 0.281. The zero-order chi connectivity index (χ0) is 25.4. The van der Waals surface area contributed by atoms with Crippen molar-refractivity contribution in [3.8, 4) is 39.4 Å². The van der Waals surface area contributed by atoms with Crippen LogP contribution in [-0.4, -0.2) is 12.1 Å². The van der Waals surface area contributed by atoms with Gasteiger partial charge in [0.05, 0.1) is 18.5 Å². The van der Waals surface area contributed by atoms with Crippen molar-refractivity contribution in [1.82, 2.24) is 4.98 Å². The van der Waals surface area contributed by atoms with E-state index in [-0.39, 0.29) is 10.8 Å². The first-order chi connectivity index (χ1) is 16.5. The highest BCUT2D eigenvalue weighted by Gasteiger charge is 2.22. The number of benzene rings is 3. The molecule has 35 heavy (non-hydrogen) atoms. The minimum atomic E-state index is 0.0433. The van der Waals surface area contributed by atoms with Crippen LogP contribution >= 0.6 is 15.9 Å². The lowest BCUT2D eigenvalue weighted by Crippen LogP contribution is -2.16. The van der Waals surface area contributed by atoms with Crippen LogP contribution in [0.4, 0.5) is 0 Å². The topological polar surface area (TPSA) is 22.1 Å². The van der Waals surface area contributed by atoms with E-state index >= 15 is 0 Å². The second kappa shape index (κ2) is 9.62. The molecule has 0 bridgehead atoms. The van der Waals surface area contributed by atoms with Gasteiger partial charge in [-0.2, -0.15) is 0 Å². The van der Waals surface area contributed by atoms with E-state index in [1.54, 1.807) is 7.11 Å². The summed E-state index contributed by atoms with van der Waals surface area (Å²) in [7, 11) is 1.71. The van der Waals surface area contributed by atoms with Crippen molar-refractivity contribution >= 4 is 15.9 Å². The van der Waals surface area contributed by atoms with Crippen molar-refractivity contribution in [3.63, 3.8) is 0 Å². The van der Waals surface area contributed by atoms with Crippen LogP contribution in [0.2, 0.25) is 0 Å². The molecule has 0 unspecified atom stereocenters. The van der Waals surface area contributed by atoms with Crippen LogP contribution in [0.1, 0.15) is 52.7 Å². The summed E-state index contributed by atoms with van der Waals surface area (Å²) in [5.74, 6) is 0.816. The summed E-state index contributed by atoms with van der Waals surface area (Å²) in [6.07, 6.45) is 0. The van der Waals surface area contributed by atoms with Crippen LogP contribution in [0, 0.1) is 0 Å². The first-order valence-corrected chi connectivity index (χ1v) is 12.8. The minimum Gasteiger partial charge on any atom is -0.496 e. The molecule has 4 aromatic rings. The summed E-state index contributed by atoms with van der Waals surface area (Å²) in [6.45, 7) is 13.7. The summed E-state index contributed by atoms with van der Waals surface area (Å²) in [6, 6.07) is 27.8. The standard InChI is InChI=1S/C32H34BrNO/c1-31(2,3)24-15-22(16-25(20-24)32(4,5)6)23-18-28(21-11-10-12-26(33)17-21)34-29(19-23)27-13-8-9-14-30(27)35-7/h8-20H,1-7H3. The maximum absolute atomic E-state index is 5.69. The molecule has 0 aliphatic carbocycles. The predicted octanol–water partition coefficient (Wildman–Crippen LogP) is 9.45. The zero-order valence-electron chi connectivity index (χ0n) is 21.7. The summed E-state index contributed by atoms with van der Waals surface area (Å²) < 4.78 is 6.72. The molecule has 1 heterocycles. The van der Waals surface area contributed by atoms with Gasteiger partial charge in [0.2, 0.25) is 0 Å². The van der Waals surface area contributed by atoms with Gasteiger partial charge < -0.3 is 4.74 Å². The maximum Gasteiger partial charge on any atom is 0.128 e. The molecular formula is C32H34BrNO. The van der Waals surface area contributed by atoms with E-state index in [0.717, 1.165) is 38.3 Å². The molecule has 0 saturated heterocycles. The average Bonchev–Trinajstić information content (AvgIpc) is 2.82. The van der Waals surface area contributed by atoms with Gasteiger partial charge in [0.1, 0.15) is 5.75 Å². The number of methoxy groups -OCH3 is 1. The Kier molecular flexibility index (Phi) is 6.92. The normalized spacial score (nSPS) is 12.0. The number of rotatable bonds is 4. The Hall–Kier alpha value is -2.91. The van der Waals surface area contributed by atoms with Crippen LogP contribution in [0.3, 0.4) is 0 Å². The van der Waals surface area contributed by atoms with Crippen LogP contribution < -0.4 is 4.74 Å². The quantitative estimate of drug-likeness (QED) is 0.263. The van der Waals surface area contributed by atoms with Crippen molar-refractivity contribution in [1.29, 1.82) is 0 Å². The zero-order valence-corrected chi connectivity index (χ0v) is 23.3. The highest BCUT2D eigenvalue weighted by Crippen LogP contribution is 2.38. The van der Waals surface area contributed by atoms with Gasteiger partial charge in [-0.1, -0.05) is 99.9 Å². The number of aromatic nitrogens is 1. The second-order valence-electron chi connectivity index (χ2n) is 11.1. The SMILES string of the molecule is COc1ccccc1-c1cc(-c2cc(C(C)(C)C)cc(C(C)(C)C)c2)cc(-c2cccc(Br)c2)n1. The highest BCUT2D eigenvalue weighted by molar-refractivity contribution is 9.10. The molecule has 0 spiro atoms. The molecular weight excluding hydrogens is 494 g/mol. The molecule has 3 heteroatoms. The maximum atomic E-state index is 5.69. The Morgan fingerprint density at radius 1 is 0.629 bits per heavy atom. The van der Waals surface area contributed by atoms with Crippen LogP contribution in [0.5, 0.6) is 5.75 Å². The van der Waals surface area contributed by atoms with Crippen molar-refractivity contribution < 1.29 is 4.74 Å². The van der Waals surface area contributed by atoms with Gasteiger partial charge >= 0.3 is 0 Å². The van der Waals surface area contributed by atoms with Gasteiger partial charge in [-0.05, 0) is 69.5 Å². The van der Waals surface area contributed by atoms with Crippen molar-refractivity contribution in [3.05, 3.63) is 94.5 Å². The lowest BCUT2D eigenvalue weighted by molar-refractivity contribution is 0.416. The van der Waals surface area contributed by atoms with Crippen molar-refractivity contribution in [2.24, 2.45) is 0 Å². The highest BCUT2D eigenvalue weighted by atomic mass is 79.9. The summed E-state index contributed by atoms with van der Waals surface area (Å²) in [5.41, 5.74) is 8.99. The van der Waals surface area contributed by atoms with Gasteiger partial charge in [-0.25, -0.2) is 4.98 Å². The van der Waals surface area contributed by atoms with E-state index in [1.165, 1.54) is 16.7 Å². The molecule has 3 aromatic carbocycles. The summed E-state index contributed by atoms with van der Waals surface area (Å²) >= 11 is 3.62. The molecule has 0 aliphatic heterocycles. The van der Waals surface area contributed by atoms with E-state index in [0.29, 0.717) is 0 Å². The van der Waals surface area contributed by atoms with E-state index in [1.807, 2.05) is 24.3 Å². The van der Waals surface area contributed by atoms with Crippen LogP contribution in [0.15, 0.2) is 83.3 Å². The van der Waals surface area contributed by atoms with Crippen LogP contribution in [0.25, 0.3) is 33.6 Å². The Bertz CT molecular complexity index is 1330. The van der Waals surface area contributed by atoms with E-state index in [2.05, 4.69) is 112 Å². The van der Waals surface area contributed by atoms with Crippen molar-refractivity contribution in [2.75, 3.05) is 7.11 Å². The number of ether oxygens (including phenoxy) is 1. The fourth-order valence-corrected chi connectivity index (χ4v) is 4.55. The number of pyridine rings is 1. The molecule has 0 atom stereocenters. The second-order valence-corrected chi connectivity index (χ2v) is 12.1. The minimum absolute atomic E-state index is 0.0433. The predicted molar refractivity (Wildman–Crippen MR) is 152 cm³/mol. The summed E-state index contributed by atoms with van der Waals surface area (Å²) in [4.78, 5) is 5.09. The van der Waals surface area contributed by atoms with Gasteiger partial charge in [0.15, 0.2) is 0 Å². The third kappa shape index (κ3) is 5.67. The van der Waals surface area contributed by atoms with Crippen LogP contribution in [-0.2, 0) is 10.8 Å². The third-order valence-electron chi connectivity index (χ3n) is 6.33. The summed E-state index contributed by atoms with van der Waals surface area (Å²) in [5, 5.41) is 0. The monoisotopic (exact) mass is 527 g/mol. The molecule has 4 rings (SSSR count). The van der Waals surface area contributed by atoms with Crippen molar-refractivity contribution in [2.45, 2.75) is 52.4 Å². The van der Waals surface area contributed by atoms with E-state index in [9.17, 15) is 0 Å². The molecule has 2 nitrogen and oxygen atoms in total. The molecule has 0 N–H and O–H groups in total. The largest absolute Gasteiger partial charge is 0.496 e. The fourth-order valence-electron chi connectivity index (χ4n) is 4.15. The van der Waals surface area contributed by atoms with Gasteiger partial charge in [0, 0.05) is 15.6 Å². The molecule has 0 amide bonds. The van der Waals surface area contributed by atoms with Gasteiger partial charge in [-0.3, -0.25) is 0 Å².